The lowest BCUT2D eigenvalue weighted by Crippen LogP contribution is -2.35. The molecule has 138 valence electrons. The van der Waals surface area contributed by atoms with Gasteiger partial charge in [-0.15, -0.1) is 11.3 Å². The molecule has 4 rings (SSSR count). The van der Waals surface area contributed by atoms with E-state index in [1.807, 2.05) is 24.6 Å². The van der Waals surface area contributed by atoms with Gasteiger partial charge in [-0.25, -0.2) is 15.0 Å². The predicted molar refractivity (Wildman–Crippen MR) is 105 cm³/mol. The summed E-state index contributed by atoms with van der Waals surface area (Å²) in [6.07, 6.45) is 4.07. The highest BCUT2D eigenvalue weighted by molar-refractivity contribution is 7.09. The van der Waals surface area contributed by atoms with Gasteiger partial charge in [0.1, 0.15) is 5.82 Å². The second kappa shape index (κ2) is 7.40. The Morgan fingerprint density at radius 2 is 2.19 bits per heavy atom. The van der Waals surface area contributed by atoms with Crippen LogP contribution < -0.4 is 4.90 Å². The van der Waals surface area contributed by atoms with Crippen molar-refractivity contribution in [2.24, 2.45) is 0 Å². The van der Waals surface area contributed by atoms with Gasteiger partial charge in [-0.2, -0.15) is 0 Å². The van der Waals surface area contributed by atoms with Gasteiger partial charge >= 0.3 is 0 Å². The number of nitro groups is 1. The largest absolute Gasteiger partial charge is 0.356 e. The van der Waals surface area contributed by atoms with Crippen LogP contribution in [0.5, 0.6) is 0 Å². The number of rotatable bonds is 4. The quantitative estimate of drug-likeness (QED) is 0.497. The molecule has 0 spiro atoms. The zero-order chi connectivity index (χ0) is 18.8. The average molecular weight is 381 g/mol. The third kappa shape index (κ3) is 3.80. The maximum atomic E-state index is 11.1. The SMILES string of the molecule is Cc1cc(N2CCCC(c3nccs3)C2)nc(-c2cccc([N+](=O)[O-])c2)n1. The minimum atomic E-state index is -0.399. The Labute approximate surface area is 160 Å². The van der Waals surface area contributed by atoms with Gasteiger partial charge < -0.3 is 4.90 Å². The molecule has 1 unspecified atom stereocenters. The van der Waals surface area contributed by atoms with Crippen LogP contribution in [0.25, 0.3) is 11.4 Å². The van der Waals surface area contributed by atoms with Crippen molar-refractivity contribution < 1.29 is 4.92 Å². The number of anilines is 1. The van der Waals surface area contributed by atoms with Crippen molar-refractivity contribution in [3.63, 3.8) is 0 Å². The monoisotopic (exact) mass is 381 g/mol. The minimum absolute atomic E-state index is 0.0426. The first-order valence-corrected chi connectivity index (χ1v) is 9.73. The van der Waals surface area contributed by atoms with Gasteiger partial charge in [0.2, 0.25) is 0 Å². The first kappa shape index (κ1) is 17.5. The van der Waals surface area contributed by atoms with Gasteiger partial charge in [0.15, 0.2) is 5.82 Å². The standard InChI is InChI=1S/C19H19N5O2S/c1-13-10-17(23-8-3-5-15(12-23)19-20-7-9-27-19)22-18(21-13)14-4-2-6-16(11-14)24(25)26/h2,4,6-7,9-11,15H,3,5,8,12H2,1H3. The molecule has 1 aliphatic rings. The zero-order valence-corrected chi connectivity index (χ0v) is 15.7. The van der Waals surface area contributed by atoms with E-state index in [1.54, 1.807) is 23.5 Å². The van der Waals surface area contributed by atoms with Crippen LogP contribution >= 0.6 is 11.3 Å². The number of hydrogen-bond acceptors (Lipinski definition) is 7. The molecule has 0 saturated carbocycles. The van der Waals surface area contributed by atoms with Crippen LogP contribution in [0.3, 0.4) is 0 Å². The van der Waals surface area contributed by atoms with E-state index >= 15 is 0 Å². The molecule has 0 aliphatic carbocycles. The number of nitro benzene ring substituents is 1. The molecule has 1 aliphatic heterocycles. The van der Waals surface area contributed by atoms with Crippen LogP contribution in [0.15, 0.2) is 41.9 Å². The number of benzene rings is 1. The lowest BCUT2D eigenvalue weighted by Gasteiger charge is -2.33. The van der Waals surface area contributed by atoms with Crippen molar-refractivity contribution in [3.05, 3.63) is 62.7 Å². The maximum Gasteiger partial charge on any atom is 0.270 e. The van der Waals surface area contributed by atoms with E-state index in [9.17, 15) is 10.1 Å². The molecule has 1 saturated heterocycles. The van der Waals surface area contributed by atoms with Gasteiger partial charge in [-0.05, 0) is 19.8 Å². The van der Waals surface area contributed by atoms with Crippen LogP contribution in [0.1, 0.15) is 29.5 Å². The number of hydrogen-bond donors (Lipinski definition) is 0. The molecule has 0 bridgehead atoms. The fourth-order valence-electron chi connectivity index (χ4n) is 3.42. The first-order chi connectivity index (χ1) is 13.1. The molecule has 1 atom stereocenters. The Hall–Kier alpha value is -2.87. The van der Waals surface area contributed by atoms with Crippen LogP contribution in [-0.4, -0.2) is 33.0 Å². The van der Waals surface area contributed by atoms with E-state index in [0.717, 1.165) is 37.4 Å². The fraction of sp³-hybridized carbons (Fsp3) is 0.316. The molecule has 7 nitrogen and oxygen atoms in total. The molecule has 1 aromatic carbocycles. The van der Waals surface area contributed by atoms with Gasteiger partial charge in [0, 0.05) is 60.0 Å². The second-order valence-electron chi connectivity index (χ2n) is 6.65. The third-order valence-corrected chi connectivity index (χ3v) is 5.64. The summed E-state index contributed by atoms with van der Waals surface area (Å²) < 4.78 is 0. The highest BCUT2D eigenvalue weighted by Crippen LogP contribution is 2.31. The number of piperidine rings is 1. The lowest BCUT2D eigenvalue weighted by atomic mass is 9.99. The van der Waals surface area contributed by atoms with Crippen molar-refractivity contribution in [2.75, 3.05) is 18.0 Å². The molecule has 27 heavy (non-hydrogen) atoms. The molecule has 2 aromatic heterocycles. The molecular formula is C19H19N5O2S. The van der Waals surface area contributed by atoms with E-state index in [0.29, 0.717) is 17.3 Å². The maximum absolute atomic E-state index is 11.1. The molecule has 3 heterocycles. The van der Waals surface area contributed by atoms with Gasteiger partial charge in [-0.3, -0.25) is 10.1 Å². The smallest absolute Gasteiger partial charge is 0.270 e. The fourth-order valence-corrected chi connectivity index (χ4v) is 4.19. The summed E-state index contributed by atoms with van der Waals surface area (Å²) in [6, 6.07) is 8.44. The summed E-state index contributed by atoms with van der Waals surface area (Å²) in [5.74, 6) is 1.80. The highest BCUT2D eigenvalue weighted by atomic mass is 32.1. The van der Waals surface area contributed by atoms with E-state index < -0.39 is 4.92 Å². The molecule has 0 N–H and O–H groups in total. The summed E-state index contributed by atoms with van der Waals surface area (Å²) in [4.78, 5) is 26.6. The Balaban J connectivity index is 1.64. The van der Waals surface area contributed by atoms with E-state index in [4.69, 9.17) is 4.98 Å². The summed E-state index contributed by atoms with van der Waals surface area (Å²) >= 11 is 1.70. The van der Waals surface area contributed by atoms with Crippen molar-refractivity contribution in [2.45, 2.75) is 25.7 Å². The average Bonchev–Trinajstić information content (AvgIpc) is 3.22. The van der Waals surface area contributed by atoms with Crippen LogP contribution in [0, 0.1) is 17.0 Å². The normalized spacial score (nSPS) is 17.1. The molecule has 8 heteroatoms. The van der Waals surface area contributed by atoms with E-state index in [1.165, 1.54) is 17.1 Å². The Kier molecular flexibility index (Phi) is 4.81. The third-order valence-electron chi connectivity index (χ3n) is 4.70. The van der Waals surface area contributed by atoms with Crippen LogP contribution in [0.4, 0.5) is 11.5 Å². The van der Waals surface area contributed by atoms with Crippen LogP contribution in [-0.2, 0) is 0 Å². The highest BCUT2D eigenvalue weighted by Gasteiger charge is 2.24. The number of aromatic nitrogens is 3. The van der Waals surface area contributed by atoms with Crippen molar-refractivity contribution in [3.8, 4) is 11.4 Å². The number of nitrogens with zero attached hydrogens (tertiary/aromatic N) is 5. The van der Waals surface area contributed by atoms with E-state index in [2.05, 4.69) is 14.9 Å². The topological polar surface area (TPSA) is 85.0 Å². The predicted octanol–water partition coefficient (Wildman–Crippen LogP) is 4.20. The zero-order valence-electron chi connectivity index (χ0n) is 14.9. The minimum Gasteiger partial charge on any atom is -0.356 e. The molecular weight excluding hydrogens is 362 g/mol. The van der Waals surface area contributed by atoms with Gasteiger partial charge in [-0.1, -0.05) is 12.1 Å². The van der Waals surface area contributed by atoms with Crippen molar-refractivity contribution in [1.29, 1.82) is 0 Å². The molecule has 3 aromatic rings. The molecule has 0 radical (unpaired) electrons. The lowest BCUT2D eigenvalue weighted by molar-refractivity contribution is -0.384. The number of thiazole rings is 1. The van der Waals surface area contributed by atoms with Crippen molar-refractivity contribution >= 4 is 22.8 Å². The summed E-state index contributed by atoms with van der Waals surface area (Å²) in [5, 5.41) is 14.3. The first-order valence-electron chi connectivity index (χ1n) is 8.85. The molecule has 1 fully saturated rings. The van der Waals surface area contributed by atoms with Crippen LogP contribution in [0.2, 0.25) is 0 Å². The van der Waals surface area contributed by atoms with Crippen molar-refractivity contribution in [1.82, 2.24) is 15.0 Å². The summed E-state index contributed by atoms with van der Waals surface area (Å²) in [6.45, 7) is 3.74. The van der Waals surface area contributed by atoms with Gasteiger partial charge in [0.25, 0.3) is 5.69 Å². The number of aryl methyl sites for hydroxylation is 1. The Bertz CT molecular complexity index is 960. The van der Waals surface area contributed by atoms with Gasteiger partial charge in [0.05, 0.1) is 9.93 Å². The number of non-ortho nitro benzene ring substituents is 1. The Morgan fingerprint density at radius 1 is 1.30 bits per heavy atom. The Morgan fingerprint density at radius 3 is 2.96 bits per heavy atom. The van der Waals surface area contributed by atoms with E-state index in [-0.39, 0.29) is 5.69 Å². The summed E-state index contributed by atoms with van der Waals surface area (Å²) in [7, 11) is 0. The summed E-state index contributed by atoms with van der Waals surface area (Å²) in [5.41, 5.74) is 1.54. The second-order valence-corrected chi connectivity index (χ2v) is 7.58. The molecule has 0 amide bonds.